The number of hydrogen-bond donors (Lipinski definition) is 1. The second kappa shape index (κ2) is 8.83. The summed E-state index contributed by atoms with van der Waals surface area (Å²) >= 11 is 5.88. The van der Waals surface area contributed by atoms with E-state index in [0.717, 1.165) is 37.5 Å². The zero-order valence-electron chi connectivity index (χ0n) is 14.9. The van der Waals surface area contributed by atoms with Gasteiger partial charge in [-0.25, -0.2) is 5.43 Å². The number of anilines is 1. The summed E-state index contributed by atoms with van der Waals surface area (Å²) in [6.07, 6.45) is 0. The highest BCUT2D eigenvalue weighted by Gasteiger charge is 2.18. The van der Waals surface area contributed by atoms with E-state index in [1.807, 2.05) is 37.3 Å². The van der Waals surface area contributed by atoms with Crippen LogP contribution in [-0.4, -0.2) is 49.2 Å². The number of hydrogen-bond acceptors (Lipinski definition) is 4. The molecule has 5 nitrogen and oxygen atoms in total. The fraction of sp³-hybridized carbons (Fsp3) is 0.300. The first-order chi connectivity index (χ1) is 12.6. The summed E-state index contributed by atoms with van der Waals surface area (Å²) < 4.78 is 0. The monoisotopic (exact) mass is 370 g/mol. The molecule has 26 heavy (non-hydrogen) atoms. The van der Waals surface area contributed by atoms with Crippen molar-refractivity contribution in [2.45, 2.75) is 6.92 Å². The molecule has 1 N–H and O–H groups in total. The van der Waals surface area contributed by atoms with E-state index in [4.69, 9.17) is 11.6 Å². The van der Waals surface area contributed by atoms with Gasteiger partial charge in [0.1, 0.15) is 0 Å². The van der Waals surface area contributed by atoms with Crippen molar-refractivity contribution in [1.29, 1.82) is 0 Å². The van der Waals surface area contributed by atoms with E-state index >= 15 is 0 Å². The average molecular weight is 371 g/mol. The second-order valence-electron chi connectivity index (χ2n) is 6.34. The maximum Gasteiger partial charge on any atom is 0.254 e. The fourth-order valence-electron chi connectivity index (χ4n) is 2.94. The molecule has 0 aliphatic carbocycles. The van der Waals surface area contributed by atoms with Crippen LogP contribution in [0.3, 0.4) is 0 Å². The number of nitrogens with one attached hydrogen (secondary N) is 1. The molecule has 1 saturated heterocycles. The Morgan fingerprint density at radius 3 is 2.35 bits per heavy atom. The van der Waals surface area contributed by atoms with Crippen LogP contribution in [0.1, 0.15) is 12.5 Å². The largest absolute Gasteiger partial charge is 0.369 e. The minimum atomic E-state index is -0.0912. The molecule has 0 saturated carbocycles. The van der Waals surface area contributed by atoms with Crippen LogP contribution in [0.15, 0.2) is 59.7 Å². The summed E-state index contributed by atoms with van der Waals surface area (Å²) in [7, 11) is 0. The predicted molar refractivity (Wildman–Crippen MR) is 107 cm³/mol. The molecule has 2 aromatic carbocycles. The van der Waals surface area contributed by atoms with Gasteiger partial charge in [0, 0.05) is 36.9 Å². The van der Waals surface area contributed by atoms with Gasteiger partial charge in [0.15, 0.2) is 0 Å². The van der Waals surface area contributed by atoms with Crippen molar-refractivity contribution in [3.63, 3.8) is 0 Å². The number of carbonyl (C=O) groups is 1. The van der Waals surface area contributed by atoms with Gasteiger partial charge in [-0.1, -0.05) is 41.9 Å². The van der Waals surface area contributed by atoms with Crippen molar-refractivity contribution in [3.05, 3.63) is 65.2 Å². The first kappa shape index (κ1) is 18.4. The number of hydrazone groups is 1. The van der Waals surface area contributed by atoms with E-state index < -0.39 is 0 Å². The molecule has 3 rings (SSSR count). The Balaban J connectivity index is 1.45. The van der Waals surface area contributed by atoms with E-state index in [1.165, 1.54) is 5.69 Å². The van der Waals surface area contributed by atoms with Crippen molar-refractivity contribution in [1.82, 2.24) is 10.3 Å². The van der Waals surface area contributed by atoms with E-state index in [-0.39, 0.29) is 5.91 Å². The van der Waals surface area contributed by atoms with Crippen LogP contribution in [-0.2, 0) is 4.79 Å². The lowest BCUT2D eigenvalue weighted by Crippen LogP contribution is -2.49. The molecule has 136 valence electrons. The highest BCUT2D eigenvalue weighted by atomic mass is 35.5. The normalized spacial score (nSPS) is 15.8. The number of halogens is 1. The van der Waals surface area contributed by atoms with Crippen molar-refractivity contribution in [3.8, 4) is 0 Å². The number of piperazine rings is 1. The van der Waals surface area contributed by atoms with Crippen molar-refractivity contribution in [2.75, 3.05) is 37.6 Å². The molecule has 1 amide bonds. The van der Waals surface area contributed by atoms with Gasteiger partial charge in [-0.2, -0.15) is 5.10 Å². The third kappa shape index (κ3) is 5.07. The predicted octanol–water partition coefficient (Wildman–Crippen LogP) is 3.00. The molecule has 1 fully saturated rings. The molecule has 0 radical (unpaired) electrons. The lowest BCUT2D eigenvalue weighted by Gasteiger charge is -2.35. The molecule has 0 aromatic heterocycles. The fourth-order valence-corrected chi connectivity index (χ4v) is 3.07. The van der Waals surface area contributed by atoms with E-state index in [0.29, 0.717) is 11.6 Å². The average Bonchev–Trinajstić information content (AvgIpc) is 2.68. The van der Waals surface area contributed by atoms with Crippen LogP contribution in [0.25, 0.3) is 0 Å². The van der Waals surface area contributed by atoms with E-state index in [1.54, 1.807) is 0 Å². The topological polar surface area (TPSA) is 47.9 Å². The van der Waals surface area contributed by atoms with Crippen molar-refractivity contribution >= 4 is 28.9 Å². The standard InChI is InChI=1S/C20H23ClN4O/c1-16(17-7-9-18(21)10-8-17)22-23-20(26)15-24-11-13-25(14-12-24)19-5-3-2-4-6-19/h2-10H,11-15H2,1H3,(H,23,26)/b22-16-. The number of para-hydroxylation sites is 1. The van der Waals surface area contributed by atoms with Gasteiger partial charge < -0.3 is 4.90 Å². The molecule has 1 heterocycles. The number of carbonyl (C=O) groups excluding carboxylic acids is 1. The molecular formula is C20H23ClN4O. The molecule has 0 atom stereocenters. The van der Waals surface area contributed by atoms with Gasteiger partial charge in [-0.15, -0.1) is 0 Å². The molecule has 6 heteroatoms. The minimum absolute atomic E-state index is 0.0912. The van der Waals surface area contributed by atoms with Crippen molar-refractivity contribution < 1.29 is 4.79 Å². The van der Waals surface area contributed by atoms with Crippen LogP contribution < -0.4 is 10.3 Å². The van der Waals surface area contributed by atoms with Gasteiger partial charge in [0.25, 0.3) is 5.91 Å². The summed E-state index contributed by atoms with van der Waals surface area (Å²) in [4.78, 5) is 16.7. The van der Waals surface area contributed by atoms with Gasteiger partial charge in [0.05, 0.1) is 12.3 Å². The van der Waals surface area contributed by atoms with Crippen LogP contribution >= 0.6 is 11.6 Å². The molecule has 0 spiro atoms. The Kier molecular flexibility index (Phi) is 6.26. The van der Waals surface area contributed by atoms with Crippen LogP contribution in [0, 0.1) is 0 Å². The smallest absolute Gasteiger partial charge is 0.254 e. The van der Waals surface area contributed by atoms with Crippen LogP contribution in [0.5, 0.6) is 0 Å². The van der Waals surface area contributed by atoms with Gasteiger partial charge >= 0.3 is 0 Å². The number of rotatable bonds is 5. The Hall–Kier alpha value is -2.37. The summed E-state index contributed by atoms with van der Waals surface area (Å²) in [5, 5.41) is 4.87. The minimum Gasteiger partial charge on any atom is -0.369 e. The zero-order chi connectivity index (χ0) is 18.4. The lowest BCUT2D eigenvalue weighted by molar-refractivity contribution is -0.122. The van der Waals surface area contributed by atoms with E-state index in [9.17, 15) is 4.79 Å². The Morgan fingerprint density at radius 2 is 1.69 bits per heavy atom. The zero-order valence-corrected chi connectivity index (χ0v) is 15.6. The maximum atomic E-state index is 12.2. The number of amides is 1. The summed E-state index contributed by atoms with van der Waals surface area (Å²) in [5.74, 6) is -0.0912. The highest BCUT2D eigenvalue weighted by Crippen LogP contribution is 2.15. The Morgan fingerprint density at radius 1 is 1.04 bits per heavy atom. The highest BCUT2D eigenvalue weighted by molar-refractivity contribution is 6.30. The first-order valence-corrected chi connectivity index (χ1v) is 9.11. The number of nitrogens with zero attached hydrogens (tertiary/aromatic N) is 3. The third-order valence-electron chi connectivity index (χ3n) is 4.47. The summed E-state index contributed by atoms with van der Waals surface area (Å²) in [6, 6.07) is 17.8. The second-order valence-corrected chi connectivity index (χ2v) is 6.77. The third-order valence-corrected chi connectivity index (χ3v) is 4.72. The maximum absolute atomic E-state index is 12.2. The molecular weight excluding hydrogens is 348 g/mol. The SMILES string of the molecule is C/C(=N/NC(=O)CN1CCN(c2ccccc2)CC1)c1ccc(Cl)cc1. The molecule has 1 aliphatic rings. The summed E-state index contributed by atoms with van der Waals surface area (Å²) in [5.41, 5.74) is 5.57. The molecule has 0 unspecified atom stereocenters. The Bertz CT molecular complexity index is 753. The van der Waals surface area contributed by atoms with E-state index in [2.05, 4.69) is 44.6 Å². The first-order valence-electron chi connectivity index (χ1n) is 8.73. The van der Waals surface area contributed by atoms with Crippen LogP contribution in [0.4, 0.5) is 5.69 Å². The number of benzene rings is 2. The summed E-state index contributed by atoms with van der Waals surface area (Å²) in [6.45, 7) is 5.79. The van der Waals surface area contributed by atoms with Crippen molar-refractivity contribution in [2.24, 2.45) is 5.10 Å². The quantitative estimate of drug-likeness (QED) is 0.650. The Labute approximate surface area is 159 Å². The van der Waals surface area contributed by atoms with Gasteiger partial charge in [-0.3, -0.25) is 9.69 Å². The van der Waals surface area contributed by atoms with Gasteiger partial charge in [-0.05, 0) is 36.8 Å². The van der Waals surface area contributed by atoms with Crippen LogP contribution in [0.2, 0.25) is 5.02 Å². The molecule has 1 aliphatic heterocycles. The lowest BCUT2D eigenvalue weighted by atomic mass is 10.1. The molecule has 0 bridgehead atoms. The van der Waals surface area contributed by atoms with Gasteiger partial charge in [0.2, 0.25) is 0 Å². The molecule has 2 aromatic rings.